The maximum Gasteiger partial charge on any atom is 0.0619 e. The summed E-state index contributed by atoms with van der Waals surface area (Å²) in [7, 11) is 0. The summed E-state index contributed by atoms with van der Waals surface area (Å²) >= 11 is 3.78. The lowest BCUT2D eigenvalue weighted by Gasteiger charge is -2.31. The summed E-state index contributed by atoms with van der Waals surface area (Å²) in [4.78, 5) is 2.53. The number of fused-ring (bicyclic) bond motifs is 7. The van der Waals surface area contributed by atoms with Gasteiger partial charge in [-0.25, -0.2) is 0 Å². The Balaban J connectivity index is 1.26. The zero-order valence-electron chi connectivity index (χ0n) is 29.8. The molecule has 0 unspecified atom stereocenters. The molecule has 11 aromatic rings. The normalized spacial score (nSPS) is 11.6. The van der Waals surface area contributed by atoms with E-state index in [1.54, 1.807) is 0 Å². The average Bonchev–Trinajstić information content (AvgIpc) is 3.83. The van der Waals surface area contributed by atoms with Gasteiger partial charge in [-0.3, -0.25) is 0 Å². The Labute approximate surface area is 327 Å². The van der Waals surface area contributed by atoms with E-state index in [0.717, 1.165) is 11.4 Å². The molecule has 55 heavy (non-hydrogen) atoms. The monoisotopic (exact) mass is 735 g/mol. The van der Waals surface area contributed by atoms with Gasteiger partial charge in [-0.2, -0.15) is 0 Å². The molecular formula is C52H33NS2. The third-order valence-corrected chi connectivity index (χ3v) is 13.3. The standard InChI is InChI=1S/C52H33NS2/c1-2-14-34(15-3-1)35-30-32-37(33-31-35)53(47-27-10-17-36-16-4-5-18-38(36)47)50-41(45-25-12-23-43-39-19-6-8-28-48(39)54-51(43)45)21-11-22-42(50)46-26-13-24-44-40-20-7-9-29-49(40)55-52(44)46/h1-33H. The van der Waals surface area contributed by atoms with Gasteiger partial charge in [-0.1, -0.05) is 170 Å². The van der Waals surface area contributed by atoms with E-state index in [-0.39, 0.29) is 0 Å². The Morgan fingerprint density at radius 1 is 0.309 bits per heavy atom. The smallest absolute Gasteiger partial charge is 0.0619 e. The molecule has 2 heterocycles. The number of benzene rings is 9. The molecule has 0 spiro atoms. The highest BCUT2D eigenvalue weighted by atomic mass is 32.1. The molecule has 258 valence electrons. The number of thiophene rings is 2. The Morgan fingerprint density at radius 3 is 1.40 bits per heavy atom. The molecule has 0 aliphatic carbocycles. The molecule has 0 aliphatic heterocycles. The highest BCUT2D eigenvalue weighted by Gasteiger charge is 2.26. The second-order valence-electron chi connectivity index (χ2n) is 14.0. The van der Waals surface area contributed by atoms with E-state index in [2.05, 4.69) is 205 Å². The van der Waals surface area contributed by atoms with Gasteiger partial charge in [0.1, 0.15) is 0 Å². The van der Waals surface area contributed by atoms with Crippen LogP contribution in [-0.2, 0) is 0 Å². The lowest BCUT2D eigenvalue weighted by atomic mass is 9.92. The van der Waals surface area contributed by atoms with Crippen molar-refractivity contribution >= 4 is 90.9 Å². The van der Waals surface area contributed by atoms with Crippen LogP contribution in [0.5, 0.6) is 0 Å². The number of anilines is 3. The molecule has 0 atom stereocenters. The summed E-state index contributed by atoms with van der Waals surface area (Å²) in [6.07, 6.45) is 0. The Morgan fingerprint density at radius 2 is 0.764 bits per heavy atom. The molecule has 0 bridgehead atoms. The van der Waals surface area contributed by atoms with Gasteiger partial charge in [0.2, 0.25) is 0 Å². The summed E-state index contributed by atoms with van der Waals surface area (Å²) in [5, 5.41) is 7.62. The fourth-order valence-corrected chi connectivity index (χ4v) is 10.8. The SMILES string of the molecule is c1ccc(-c2ccc(N(c3c(-c4cccc5c4sc4ccccc45)cccc3-c3cccc4c3sc3ccccc34)c3cccc4ccccc34)cc2)cc1. The highest BCUT2D eigenvalue weighted by Crippen LogP contribution is 2.52. The van der Waals surface area contributed by atoms with E-state index in [0.29, 0.717) is 0 Å². The molecule has 0 saturated carbocycles. The highest BCUT2D eigenvalue weighted by molar-refractivity contribution is 7.26. The zero-order chi connectivity index (χ0) is 36.3. The summed E-state index contributed by atoms with van der Waals surface area (Å²) in [5.41, 5.74) is 10.7. The Hall–Kier alpha value is -6.52. The second kappa shape index (κ2) is 13.1. The first-order valence-corrected chi connectivity index (χ1v) is 20.3. The second-order valence-corrected chi connectivity index (χ2v) is 16.1. The molecule has 0 radical (unpaired) electrons. The maximum atomic E-state index is 2.53. The molecule has 0 aliphatic rings. The molecule has 3 heteroatoms. The van der Waals surface area contributed by atoms with Crippen molar-refractivity contribution in [3.63, 3.8) is 0 Å². The first kappa shape index (κ1) is 32.0. The number of para-hydroxylation sites is 1. The van der Waals surface area contributed by atoms with Crippen LogP contribution < -0.4 is 4.90 Å². The van der Waals surface area contributed by atoms with E-state index >= 15 is 0 Å². The zero-order valence-corrected chi connectivity index (χ0v) is 31.4. The van der Waals surface area contributed by atoms with Gasteiger partial charge in [0.15, 0.2) is 0 Å². The third kappa shape index (κ3) is 5.27. The summed E-state index contributed by atoms with van der Waals surface area (Å²) < 4.78 is 5.22. The fraction of sp³-hybridized carbons (Fsp3) is 0. The van der Waals surface area contributed by atoms with Crippen molar-refractivity contribution in [1.29, 1.82) is 0 Å². The van der Waals surface area contributed by atoms with Crippen molar-refractivity contribution in [2.75, 3.05) is 4.90 Å². The van der Waals surface area contributed by atoms with Crippen LogP contribution in [0.4, 0.5) is 17.1 Å². The summed E-state index contributed by atoms with van der Waals surface area (Å²) in [6, 6.07) is 73.5. The van der Waals surface area contributed by atoms with Gasteiger partial charge < -0.3 is 4.90 Å². The van der Waals surface area contributed by atoms with E-state index in [1.807, 2.05) is 22.7 Å². The number of hydrogen-bond acceptors (Lipinski definition) is 3. The Kier molecular flexibility index (Phi) is 7.61. The minimum Gasteiger partial charge on any atom is -0.309 e. The average molecular weight is 736 g/mol. The van der Waals surface area contributed by atoms with Crippen molar-refractivity contribution in [3.05, 3.63) is 200 Å². The number of rotatable bonds is 6. The summed E-state index contributed by atoms with van der Waals surface area (Å²) in [6.45, 7) is 0. The molecule has 1 nitrogen and oxygen atoms in total. The molecular weight excluding hydrogens is 703 g/mol. The van der Waals surface area contributed by atoms with Crippen LogP contribution in [-0.4, -0.2) is 0 Å². The molecule has 11 rings (SSSR count). The van der Waals surface area contributed by atoms with Gasteiger partial charge in [-0.15, -0.1) is 22.7 Å². The fourth-order valence-electron chi connectivity index (χ4n) is 8.36. The maximum absolute atomic E-state index is 2.53. The van der Waals surface area contributed by atoms with E-state index < -0.39 is 0 Å². The topological polar surface area (TPSA) is 3.24 Å². The number of hydrogen-bond donors (Lipinski definition) is 0. The number of nitrogens with zero attached hydrogens (tertiary/aromatic N) is 1. The van der Waals surface area contributed by atoms with E-state index in [1.165, 1.54) is 90.2 Å². The first-order valence-electron chi connectivity index (χ1n) is 18.7. The quantitative estimate of drug-likeness (QED) is 0.164. The molecule has 0 fully saturated rings. The largest absolute Gasteiger partial charge is 0.309 e. The third-order valence-electron chi connectivity index (χ3n) is 10.9. The van der Waals surface area contributed by atoms with Crippen molar-refractivity contribution in [3.8, 4) is 33.4 Å². The van der Waals surface area contributed by atoms with Crippen LogP contribution in [0.25, 0.3) is 84.5 Å². The summed E-state index contributed by atoms with van der Waals surface area (Å²) in [5.74, 6) is 0. The van der Waals surface area contributed by atoms with Gasteiger partial charge in [0.25, 0.3) is 0 Å². The van der Waals surface area contributed by atoms with Gasteiger partial charge in [0.05, 0.1) is 11.4 Å². The first-order chi connectivity index (χ1) is 27.3. The lowest BCUT2D eigenvalue weighted by Crippen LogP contribution is -2.13. The van der Waals surface area contributed by atoms with Crippen LogP contribution in [0.1, 0.15) is 0 Å². The Bertz CT molecular complexity index is 3070. The minimum absolute atomic E-state index is 1.11. The molecule has 0 saturated heterocycles. The van der Waals surface area contributed by atoms with Crippen LogP contribution in [0, 0.1) is 0 Å². The predicted molar refractivity (Wildman–Crippen MR) is 241 cm³/mol. The molecule has 0 amide bonds. The van der Waals surface area contributed by atoms with E-state index in [9.17, 15) is 0 Å². The minimum atomic E-state index is 1.11. The van der Waals surface area contributed by atoms with Crippen molar-refractivity contribution in [2.24, 2.45) is 0 Å². The van der Waals surface area contributed by atoms with E-state index in [4.69, 9.17) is 0 Å². The van der Waals surface area contributed by atoms with Gasteiger partial charge in [-0.05, 0) is 46.8 Å². The molecule has 0 N–H and O–H groups in total. The van der Waals surface area contributed by atoms with Crippen LogP contribution in [0.15, 0.2) is 200 Å². The predicted octanol–water partition coefficient (Wildman–Crippen LogP) is 16.0. The van der Waals surface area contributed by atoms with Crippen molar-refractivity contribution < 1.29 is 0 Å². The van der Waals surface area contributed by atoms with Gasteiger partial charge in [0, 0.05) is 73.7 Å². The van der Waals surface area contributed by atoms with Crippen molar-refractivity contribution in [1.82, 2.24) is 0 Å². The molecule has 2 aromatic heterocycles. The van der Waals surface area contributed by atoms with Crippen LogP contribution in [0.3, 0.4) is 0 Å². The lowest BCUT2D eigenvalue weighted by molar-refractivity contribution is 1.30. The van der Waals surface area contributed by atoms with Crippen LogP contribution >= 0.6 is 22.7 Å². The molecule has 9 aromatic carbocycles. The van der Waals surface area contributed by atoms with Crippen molar-refractivity contribution in [2.45, 2.75) is 0 Å². The van der Waals surface area contributed by atoms with Gasteiger partial charge >= 0.3 is 0 Å². The van der Waals surface area contributed by atoms with Crippen LogP contribution in [0.2, 0.25) is 0 Å².